The first-order chi connectivity index (χ1) is 15.4. The molecule has 3 N–H and O–H groups in total. The lowest BCUT2D eigenvalue weighted by molar-refractivity contribution is -0.136. The number of anilines is 1. The maximum absolute atomic E-state index is 12.5. The second-order valence-corrected chi connectivity index (χ2v) is 8.18. The number of aryl methyl sites for hydroxylation is 1. The van der Waals surface area contributed by atoms with E-state index in [4.69, 9.17) is 9.47 Å². The van der Waals surface area contributed by atoms with Gasteiger partial charge >= 0.3 is 17.8 Å². The van der Waals surface area contributed by atoms with Gasteiger partial charge in [-0.2, -0.15) is 5.10 Å². The van der Waals surface area contributed by atoms with Gasteiger partial charge in [0.15, 0.2) is 11.5 Å². The lowest BCUT2D eigenvalue weighted by Gasteiger charge is -2.08. The van der Waals surface area contributed by atoms with E-state index in [2.05, 4.69) is 15.8 Å². The largest absolute Gasteiger partial charge is 0.504 e. The Morgan fingerprint density at radius 2 is 1.97 bits per heavy atom. The molecule has 0 aliphatic heterocycles. The number of benzene rings is 1. The number of esters is 1. The standard InChI is InChI=1S/C22H25N3O6S/c1-3-31-22(29)18-14-7-5-4-6-8-17(14)32-21(18)24-19(27)20(28)25-23-12-13-9-10-15(26)16(11-13)30-2/h9-12,26H,3-8H2,1-2H3,(H,24,27)(H,25,28)/b23-12-. The summed E-state index contributed by atoms with van der Waals surface area (Å²) in [6, 6.07) is 4.51. The summed E-state index contributed by atoms with van der Waals surface area (Å²) in [4.78, 5) is 38.2. The minimum atomic E-state index is -0.981. The monoisotopic (exact) mass is 459 g/mol. The third kappa shape index (κ3) is 5.44. The molecule has 10 heteroatoms. The van der Waals surface area contributed by atoms with Crippen molar-refractivity contribution in [2.45, 2.75) is 39.0 Å². The molecule has 170 valence electrons. The van der Waals surface area contributed by atoms with Crippen molar-refractivity contribution >= 4 is 40.3 Å². The second-order valence-electron chi connectivity index (χ2n) is 7.07. The average molecular weight is 460 g/mol. The summed E-state index contributed by atoms with van der Waals surface area (Å²) >= 11 is 1.31. The molecule has 32 heavy (non-hydrogen) atoms. The molecule has 0 atom stereocenters. The summed E-state index contributed by atoms with van der Waals surface area (Å²) in [6.45, 7) is 1.93. The molecule has 0 bridgehead atoms. The molecule has 0 spiro atoms. The van der Waals surface area contributed by atoms with Gasteiger partial charge in [0.2, 0.25) is 0 Å². The average Bonchev–Trinajstić information content (AvgIpc) is 2.95. The number of hydrazone groups is 1. The number of hydrogen-bond donors (Lipinski definition) is 3. The van der Waals surface area contributed by atoms with E-state index in [0.29, 0.717) is 16.1 Å². The van der Waals surface area contributed by atoms with Crippen molar-refractivity contribution in [2.24, 2.45) is 5.10 Å². The first-order valence-electron chi connectivity index (χ1n) is 10.3. The van der Waals surface area contributed by atoms with Gasteiger partial charge in [-0.25, -0.2) is 10.2 Å². The van der Waals surface area contributed by atoms with Crippen molar-refractivity contribution in [1.82, 2.24) is 5.43 Å². The fourth-order valence-corrected chi connectivity index (χ4v) is 4.67. The number of fused-ring (bicyclic) bond motifs is 1. The van der Waals surface area contributed by atoms with Crippen LogP contribution >= 0.6 is 11.3 Å². The smallest absolute Gasteiger partial charge is 0.341 e. The number of phenols is 1. The van der Waals surface area contributed by atoms with Gasteiger partial charge in [0.05, 0.1) is 25.5 Å². The van der Waals surface area contributed by atoms with Crippen molar-refractivity contribution in [2.75, 3.05) is 19.0 Å². The quantitative estimate of drug-likeness (QED) is 0.200. The minimum Gasteiger partial charge on any atom is -0.504 e. The van der Waals surface area contributed by atoms with E-state index in [9.17, 15) is 19.5 Å². The molecule has 0 unspecified atom stereocenters. The van der Waals surface area contributed by atoms with Crippen molar-refractivity contribution in [3.63, 3.8) is 0 Å². The second kappa shape index (κ2) is 10.8. The van der Waals surface area contributed by atoms with E-state index in [-0.39, 0.29) is 18.1 Å². The number of phenolic OH excluding ortho intramolecular Hbond substituents is 1. The van der Waals surface area contributed by atoms with Gasteiger partial charge in [-0.15, -0.1) is 11.3 Å². The predicted molar refractivity (Wildman–Crippen MR) is 121 cm³/mol. The summed E-state index contributed by atoms with van der Waals surface area (Å²) in [5.41, 5.74) is 3.95. The van der Waals surface area contributed by atoms with E-state index in [1.807, 2.05) is 0 Å². The Morgan fingerprint density at radius 3 is 2.72 bits per heavy atom. The summed E-state index contributed by atoms with van der Waals surface area (Å²) in [7, 11) is 1.41. The van der Waals surface area contributed by atoms with Crippen LogP contribution < -0.4 is 15.5 Å². The van der Waals surface area contributed by atoms with Crippen LogP contribution in [0.25, 0.3) is 0 Å². The molecule has 0 fully saturated rings. The summed E-state index contributed by atoms with van der Waals surface area (Å²) in [5.74, 6) is -2.19. The molecule has 0 saturated heterocycles. The predicted octanol–water partition coefficient (Wildman–Crippen LogP) is 3.00. The molecule has 0 saturated carbocycles. The maximum atomic E-state index is 12.5. The highest BCUT2D eigenvalue weighted by Crippen LogP contribution is 2.38. The fourth-order valence-electron chi connectivity index (χ4n) is 3.40. The van der Waals surface area contributed by atoms with Gasteiger partial charge in [-0.05, 0) is 61.9 Å². The number of ether oxygens (including phenoxy) is 2. The molecular formula is C22H25N3O6S. The molecule has 1 aliphatic rings. The Labute approximate surface area is 189 Å². The Kier molecular flexibility index (Phi) is 7.82. The van der Waals surface area contributed by atoms with Crippen LogP contribution in [0.5, 0.6) is 11.5 Å². The molecule has 3 rings (SSSR count). The van der Waals surface area contributed by atoms with E-state index >= 15 is 0 Å². The molecular weight excluding hydrogens is 434 g/mol. The van der Waals surface area contributed by atoms with Crippen LogP contribution in [0.1, 0.15) is 52.5 Å². The number of thiophene rings is 1. The number of rotatable bonds is 6. The number of hydrogen-bond acceptors (Lipinski definition) is 8. The Bertz CT molecular complexity index is 1050. The van der Waals surface area contributed by atoms with Gasteiger partial charge in [0.25, 0.3) is 0 Å². The number of nitrogens with zero attached hydrogens (tertiary/aromatic N) is 1. The maximum Gasteiger partial charge on any atom is 0.341 e. The number of amides is 2. The molecule has 0 radical (unpaired) electrons. The SMILES string of the molecule is CCOC(=O)c1c(NC(=O)C(=O)N/N=C\c2ccc(O)c(OC)c2)sc2c1CCCCC2. The molecule has 2 aromatic rings. The van der Waals surface area contributed by atoms with Crippen LogP contribution in [0.3, 0.4) is 0 Å². The zero-order valence-electron chi connectivity index (χ0n) is 17.9. The number of nitrogens with one attached hydrogen (secondary N) is 2. The van der Waals surface area contributed by atoms with Crippen molar-refractivity contribution in [3.05, 3.63) is 39.8 Å². The van der Waals surface area contributed by atoms with E-state index in [0.717, 1.165) is 42.5 Å². The first kappa shape index (κ1) is 23.3. The molecule has 2 amide bonds. The molecule has 1 aliphatic carbocycles. The summed E-state index contributed by atoms with van der Waals surface area (Å²) in [5, 5.41) is 16.2. The number of aromatic hydroxyl groups is 1. The van der Waals surface area contributed by atoms with Crippen LogP contribution in [-0.2, 0) is 27.2 Å². The Morgan fingerprint density at radius 1 is 1.19 bits per heavy atom. The van der Waals surface area contributed by atoms with Crippen LogP contribution in [0.2, 0.25) is 0 Å². The molecule has 9 nitrogen and oxygen atoms in total. The molecule has 1 aromatic carbocycles. The van der Waals surface area contributed by atoms with E-state index in [1.54, 1.807) is 13.0 Å². The third-order valence-corrected chi connectivity index (χ3v) is 6.12. The van der Waals surface area contributed by atoms with Gasteiger partial charge < -0.3 is 19.9 Å². The number of carbonyl (C=O) groups is 3. The highest BCUT2D eigenvalue weighted by molar-refractivity contribution is 7.17. The summed E-state index contributed by atoms with van der Waals surface area (Å²) < 4.78 is 10.2. The van der Waals surface area contributed by atoms with E-state index < -0.39 is 17.8 Å². The van der Waals surface area contributed by atoms with Gasteiger partial charge in [-0.3, -0.25) is 9.59 Å². The zero-order chi connectivity index (χ0) is 23.1. The number of carbonyl (C=O) groups excluding carboxylic acids is 3. The number of methoxy groups -OCH3 is 1. The van der Waals surface area contributed by atoms with Gasteiger partial charge in [0.1, 0.15) is 5.00 Å². The van der Waals surface area contributed by atoms with Gasteiger partial charge in [-0.1, -0.05) is 6.42 Å². The minimum absolute atomic E-state index is 0.0279. The van der Waals surface area contributed by atoms with Crippen molar-refractivity contribution in [1.29, 1.82) is 0 Å². The highest BCUT2D eigenvalue weighted by Gasteiger charge is 2.27. The normalized spacial score (nSPS) is 13.2. The van der Waals surface area contributed by atoms with Crippen LogP contribution in [0.15, 0.2) is 23.3 Å². The third-order valence-electron chi connectivity index (χ3n) is 4.92. The van der Waals surface area contributed by atoms with Crippen molar-refractivity contribution in [3.8, 4) is 11.5 Å². The van der Waals surface area contributed by atoms with Crippen LogP contribution in [-0.4, -0.2) is 42.8 Å². The van der Waals surface area contributed by atoms with Gasteiger partial charge in [0, 0.05) is 4.88 Å². The first-order valence-corrected chi connectivity index (χ1v) is 11.1. The van der Waals surface area contributed by atoms with E-state index in [1.165, 1.54) is 36.8 Å². The van der Waals surface area contributed by atoms with Crippen LogP contribution in [0, 0.1) is 0 Å². The molecule has 1 heterocycles. The Hall–Kier alpha value is -3.40. The zero-order valence-corrected chi connectivity index (χ0v) is 18.7. The van der Waals surface area contributed by atoms with Crippen molar-refractivity contribution < 1.29 is 29.0 Å². The van der Waals surface area contributed by atoms with Crippen LogP contribution in [0.4, 0.5) is 5.00 Å². The topological polar surface area (TPSA) is 126 Å². The molecule has 1 aromatic heterocycles. The Balaban J connectivity index is 1.71. The summed E-state index contributed by atoms with van der Waals surface area (Å²) in [6.07, 6.45) is 5.93. The lowest BCUT2D eigenvalue weighted by Crippen LogP contribution is -2.32. The highest BCUT2D eigenvalue weighted by atomic mass is 32.1. The fraction of sp³-hybridized carbons (Fsp3) is 0.364. The lowest BCUT2D eigenvalue weighted by atomic mass is 10.1.